The molecule has 0 spiro atoms. The fourth-order valence-electron chi connectivity index (χ4n) is 2.82. The number of halogens is 1. The molecular weight excluding hydrogens is 267 g/mol. The Morgan fingerprint density at radius 1 is 1.29 bits per heavy atom. The maximum Gasteiger partial charge on any atom is 0.258 e. The van der Waals surface area contributed by atoms with Crippen molar-refractivity contribution in [1.82, 2.24) is 0 Å². The molecule has 3 rings (SSSR count). The number of anilines is 2. The first-order valence-electron chi connectivity index (χ1n) is 7.01. The number of hydrogen-bond donors (Lipinski definition) is 1. The fraction of sp³-hybridized carbons (Fsp3) is 0.235. The van der Waals surface area contributed by atoms with Crippen molar-refractivity contribution in [2.75, 3.05) is 17.2 Å². The van der Waals surface area contributed by atoms with E-state index in [1.54, 1.807) is 4.90 Å². The number of hydrogen-bond acceptors (Lipinski definition) is 2. The van der Waals surface area contributed by atoms with E-state index in [4.69, 9.17) is 5.73 Å². The monoisotopic (exact) mass is 284 g/mol. The van der Waals surface area contributed by atoms with Crippen LogP contribution in [0.25, 0.3) is 0 Å². The van der Waals surface area contributed by atoms with Gasteiger partial charge in [0, 0.05) is 17.8 Å². The molecule has 0 radical (unpaired) electrons. The number of para-hydroxylation sites is 1. The predicted octanol–water partition coefficient (Wildman–Crippen LogP) is 3.25. The van der Waals surface area contributed by atoms with E-state index < -0.39 is 5.82 Å². The normalized spacial score (nSPS) is 17.4. The molecule has 2 aromatic rings. The van der Waals surface area contributed by atoms with Gasteiger partial charge >= 0.3 is 0 Å². The highest BCUT2D eigenvalue weighted by molar-refractivity contribution is 6.07. The summed E-state index contributed by atoms with van der Waals surface area (Å²) in [4.78, 5) is 14.5. The Bertz CT molecular complexity index is 699. The number of nitrogen functional groups attached to an aromatic ring is 1. The molecule has 21 heavy (non-hydrogen) atoms. The van der Waals surface area contributed by atoms with Gasteiger partial charge in [-0.3, -0.25) is 4.79 Å². The Morgan fingerprint density at radius 2 is 2.05 bits per heavy atom. The van der Waals surface area contributed by atoms with Crippen LogP contribution in [0.4, 0.5) is 15.8 Å². The van der Waals surface area contributed by atoms with E-state index in [9.17, 15) is 9.18 Å². The van der Waals surface area contributed by atoms with Gasteiger partial charge in [0.15, 0.2) is 0 Å². The second kappa shape index (κ2) is 5.20. The van der Waals surface area contributed by atoms with Crippen LogP contribution in [-0.2, 0) is 6.42 Å². The first kappa shape index (κ1) is 13.6. The Labute approximate surface area is 123 Å². The minimum absolute atomic E-state index is 0.000747. The van der Waals surface area contributed by atoms with Gasteiger partial charge in [0.1, 0.15) is 5.82 Å². The Kier molecular flexibility index (Phi) is 3.37. The highest BCUT2D eigenvalue weighted by Crippen LogP contribution is 2.30. The van der Waals surface area contributed by atoms with Crippen LogP contribution in [0, 0.1) is 11.7 Å². The van der Waals surface area contributed by atoms with Crippen LogP contribution in [0.1, 0.15) is 22.8 Å². The molecule has 1 amide bonds. The largest absolute Gasteiger partial charge is 0.396 e. The lowest BCUT2D eigenvalue weighted by atomic mass is 9.93. The summed E-state index contributed by atoms with van der Waals surface area (Å²) < 4.78 is 13.3. The third-order valence-electron chi connectivity index (χ3n) is 3.83. The van der Waals surface area contributed by atoms with Gasteiger partial charge in [0.25, 0.3) is 5.91 Å². The summed E-state index contributed by atoms with van der Waals surface area (Å²) in [5.74, 6) is -0.249. The van der Waals surface area contributed by atoms with Crippen molar-refractivity contribution in [3.8, 4) is 0 Å². The van der Waals surface area contributed by atoms with Crippen molar-refractivity contribution in [2.45, 2.75) is 13.3 Å². The summed E-state index contributed by atoms with van der Waals surface area (Å²) in [6.07, 6.45) is 0.964. The number of fused-ring (bicyclic) bond motifs is 1. The maximum atomic E-state index is 13.3. The first-order valence-corrected chi connectivity index (χ1v) is 7.01. The van der Waals surface area contributed by atoms with E-state index in [1.165, 1.54) is 23.8 Å². The van der Waals surface area contributed by atoms with E-state index in [0.29, 0.717) is 18.0 Å². The molecule has 0 saturated heterocycles. The molecule has 1 heterocycles. The van der Waals surface area contributed by atoms with Crippen LogP contribution in [0.3, 0.4) is 0 Å². The number of nitrogens with zero attached hydrogens (tertiary/aromatic N) is 1. The Hall–Kier alpha value is -2.36. The highest BCUT2D eigenvalue weighted by atomic mass is 19.1. The Morgan fingerprint density at radius 3 is 2.81 bits per heavy atom. The molecule has 2 N–H and O–H groups in total. The van der Waals surface area contributed by atoms with Crippen LogP contribution in [0.15, 0.2) is 42.5 Å². The van der Waals surface area contributed by atoms with Gasteiger partial charge in [-0.2, -0.15) is 0 Å². The molecule has 0 saturated carbocycles. The average Bonchev–Trinajstić information content (AvgIpc) is 2.48. The lowest BCUT2D eigenvalue weighted by molar-refractivity contribution is 0.0981. The second-order valence-electron chi connectivity index (χ2n) is 5.59. The minimum atomic E-state index is -0.501. The van der Waals surface area contributed by atoms with Crippen LogP contribution < -0.4 is 10.6 Å². The van der Waals surface area contributed by atoms with Gasteiger partial charge in [-0.1, -0.05) is 25.1 Å². The van der Waals surface area contributed by atoms with Gasteiger partial charge in [0.05, 0.1) is 5.69 Å². The maximum absolute atomic E-state index is 13.3. The number of carbonyl (C=O) groups is 1. The van der Waals surface area contributed by atoms with Crippen molar-refractivity contribution in [2.24, 2.45) is 5.92 Å². The van der Waals surface area contributed by atoms with Crippen molar-refractivity contribution in [3.05, 3.63) is 59.4 Å². The predicted molar refractivity (Wildman–Crippen MR) is 81.8 cm³/mol. The second-order valence-corrected chi connectivity index (χ2v) is 5.59. The third kappa shape index (κ3) is 2.49. The number of rotatable bonds is 1. The zero-order chi connectivity index (χ0) is 15.0. The van der Waals surface area contributed by atoms with Gasteiger partial charge in [-0.15, -0.1) is 0 Å². The van der Waals surface area contributed by atoms with E-state index >= 15 is 0 Å². The van der Waals surface area contributed by atoms with Crippen molar-refractivity contribution >= 4 is 17.3 Å². The molecule has 1 aliphatic rings. The summed E-state index contributed by atoms with van der Waals surface area (Å²) >= 11 is 0. The molecule has 4 heteroatoms. The molecule has 1 atom stereocenters. The van der Waals surface area contributed by atoms with Crippen molar-refractivity contribution in [1.29, 1.82) is 0 Å². The molecule has 0 bridgehead atoms. The summed E-state index contributed by atoms with van der Waals surface area (Å²) in [5, 5.41) is 0. The average molecular weight is 284 g/mol. The van der Waals surface area contributed by atoms with Crippen LogP contribution in [-0.4, -0.2) is 12.5 Å². The lowest BCUT2D eigenvalue weighted by Gasteiger charge is -2.33. The third-order valence-corrected chi connectivity index (χ3v) is 3.83. The minimum Gasteiger partial charge on any atom is -0.396 e. The van der Waals surface area contributed by atoms with Crippen LogP contribution in [0.2, 0.25) is 0 Å². The first-order chi connectivity index (χ1) is 10.1. The van der Waals surface area contributed by atoms with E-state index in [2.05, 4.69) is 6.92 Å². The molecule has 0 fully saturated rings. The summed E-state index contributed by atoms with van der Waals surface area (Å²) in [5.41, 5.74) is 8.08. The molecule has 108 valence electrons. The number of carbonyl (C=O) groups excluding carboxylic acids is 1. The molecule has 0 aliphatic carbocycles. The summed E-state index contributed by atoms with van der Waals surface area (Å²) in [6, 6.07) is 12.0. The standard InChI is InChI=1S/C17H17FN2O/c1-11-8-12-4-2-3-5-16(12)20(10-11)17(21)13-6-7-14(18)15(19)9-13/h2-7,9,11H,8,10,19H2,1H3. The van der Waals surface area contributed by atoms with Gasteiger partial charge in [-0.25, -0.2) is 4.39 Å². The highest BCUT2D eigenvalue weighted by Gasteiger charge is 2.27. The summed E-state index contributed by atoms with van der Waals surface area (Å²) in [7, 11) is 0. The van der Waals surface area contributed by atoms with Gasteiger partial charge in [0.2, 0.25) is 0 Å². The molecule has 1 aliphatic heterocycles. The Balaban J connectivity index is 1.99. The molecule has 0 aromatic heterocycles. The quantitative estimate of drug-likeness (QED) is 0.817. The zero-order valence-corrected chi connectivity index (χ0v) is 11.8. The molecule has 2 aromatic carbocycles. The van der Waals surface area contributed by atoms with Crippen LogP contribution in [0.5, 0.6) is 0 Å². The number of nitrogens with two attached hydrogens (primary N) is 1. The number of amides is 1. The SMILES string of the molecule is CC1Cc2ccccc2N(C(=O)c2ccc(F)c(N)c2)C1. The van der Waals surface area contributed by atoms with Gasteiger partial charge < -0.3 is 10.6 Å². The molecular formula is C17H17FN2O. The van der Waals surface area contributed by atoms with E-state index in [-0.39, 0.29) is 11.6 Å². The van der Waals surface area contributed by atoms with E-state index in [1.807, 2.05) is 24.3 Å². The fourth-order valence-corrected chi connectivity index (χ4v) is 2.82. The van der Waals surface area contributed by atoms with E-state index in [0.717, 1.165) is 12.1 Å². The van der Waals surface area contributed by atoms with Gasteiger partial charge in [-0.05, 0) is 42.2 Å². The number of benzene rings is 2. The van der Waals surface area contributed by atoms with Crippen LogP contribution >= 0.6 is 0 Å². The van der Waals surface area contributed by atoms with Crippen molar-refractivity contribution < 1.29 is 9.18 Å². The zero-order valence-electron chi connectivity index (χ0n) is 11.8. The lowest BCUT2D eigenvalue weighted by Crippen LogP contribution is -2.39. The molecule has 3 nitrogen and oxygen atoms in total. The topological polar surface area (TPSA) is 46.3 Å². The summed E-state index contributed by atoms with van der Waals surface area (Å²) in [6.45, 7) is 2.78. The van der Waals surface area contributed by atoms with Crippen molar-refractivity contribution in [3.63, 3.8) is 0 Å². The molecule has 1 unspecified atom stereocenters. The smallest absolute Gasteiger partial charge is 0.258 e.